The predicted molar refractivity (Wildman–Crippen MR) is 108 cm³/mol. The van der Waals surface area contributed by atoms with Gasteiger partial charge in [0.15, 0.2) is 0 Å². The number of rotatable bonds is 5. The van der Waals surface area contributed by atoms with E-state index < -0.39 is 8.32 Å². The highest BCUT2D eigenvalue weighted by Crippen LogP contribution is 2.38. The first-order valence-corrected chi connectivity index (χ1v) is 11.0. The Morgan fingerprint density at radius 1 is 0.920 bits per heavy atom. The maximum Gasteiger partial charge on any atom is 0.261 e. The molecule has 2 aromatic rings. The first-order chi connectivity index (χ1) is 11.9. The smallest absolute Gasteiger partial charge is 0.261 e. The van der Waals surface area contributed by atoms with E-state index in [1.54, 1.807) is 0 Å². The molecule has 0 radical (unpaired) electrons. The third kappa shape index (κ3) is 3.32. The number of hydrogen-bond acceptors (Lipinski definition) is 3. The van der Waals surface area contributed by atoms with Gasteiger partial charge in [0, 0.05) is 18.7 Å². The van der Waals surface area contributed by atoms with Crippen LogP contribution in [0.1, 0.15) is 27.2 Å². The van der Waals surface area contributed by atoms with E-state index >= 15 is 0 Å². The zero-order valence-electron chi connectivity index (χ0n) is 15.5. The Morgan fingerprint density at radius 2 is 1.40 bits per heavy atom. The van der Waals surface area contributed by atoms with E-state index in [1.807, 2.05) is 0 Å². The highest BCUT2D eigenvalue weighted by molar-refractivity contribution is 6.99. The van der Waals surface area contributed by atoms with Crippen molar-refractivity contribution in [2.24, 2.45) is 17.4 Å². The molecular weight excluding hydrogens is 324 g/mol. The van der Waals surface area contributed by atoms with Gasteiger partial charge in [-0.15, -0.1) is 0 Å². The summed E-state index contributed by atoms with van der Waals surface area (Å²) >= 11 is 0. The molecule has 0 bridgehead atoms. The average Bonchev–Trinajstić information content (AvgIpc) is 2.61. The molecule has 3 rings (SSSR count). The van der Waals surface area contributed by atoms with E-state index in [0.717, 1.165) is 6.42 Å². The second-order valence-corrected chi connectivity index (χ2v) is 12.5. The van der Waals surface area contributed by atoms with Gasteiger partial charge in [0.2, 0.25) is 0 Å². The van der Waals surface area contributed by atoms with Gasteiger partial charge in [-0.1, -0.05) is 81.4 Å². The van der Waals surface area contributed by atoms with Gasteiger partial charge in [-0.05, 0) is 27.8 Å². The molecule has 2 aromatic carbocycles. The highest BCUT2D eigenvalue weighted by Gasteiger charge is 2.51. The van der Waals surface area contributed by atoms with Crippen LogP contribution in [0.3, 0.4) is 0 Å². The van der Waals surface area contributed by atoms with Gasteiger partial charge in [-0.2, -0.15) is 0 Å². The van der Waals surface area contributed by atoms with Crippen LogP contribution in [0.4, 0.5) is 0 Å². The normalized spacial score (nSPS) is 24.0. The third-order valence-electron chi connectivity index (χ3n) is 5.54. The molecule has 0 aliphatic heterocycles. The highest BCUT2D eigenvalue weighted by atomic mass is 28.4. The van der Waals surface area contributed by atoms with Crippen molar-refractivity contribution in [1.82, 2.24) is 0 Å². The van der Waals surface area contributed by atoms with E-state index in [1.165, 1.54) is 10.4 Å². The van der Waals surface area contributed by atoms with E-state index in [4.69, 9.17) is 15.9 Å². The standard InChI is InChI=1S/C21H30N2OSi/c1-21(2,3)25(17-10-6-4-7-11-17,18-12-8-5-9-13-18)24-15-16-14-19(22)20(16)23/h4-13,16,19-20H,14-15,22-23H2,1-3H3/t16?,19-,20?/m0/s1. The maximum absolute atomic E-state index is 6.89. The summed E-state index contributed by atoms with van der Waals surface area (Å²) in [6.07, 6.45) is 0.958. The Morgan fingerprint density at radius 3 is 1.76 bits per heavy atom. The second-order valence-electron chi connectivity index (χ2n) is 8.21. The molecule has 0 aromatic heterocycles. The van der Waals surface area contributed by atoms with Crippen LogP contribution in [-0.4, -0.2) is 27.0 Å². The quantitative estimate of drug-likeness (QED) is 0.810. The average molecular weight is 355 g/mol. The lowest BCUT2D eigenvalue weighted by Gasteiger charge is -2.46. The van der Waals surface area contributed by atoms with Crippen LogP contribution in [0.25, 0.3) is 0 Å². The molecule has 0 spiro atoms. The minimum atomic E-state index is -2.44. The van der Waals surface area contributed by atoms with Crippen LogP contribution < -0.4 is 21.8 Å². The third-order valence-corrected chi connectivity index (χ3v) is 10.5. The molecule has 1 aliphatic rings. The zero-order valence-corrected chi connectivity index (χ0v) is 16.5. The first-order valence-electron chi connectivity index (χ1n) is 9.12. The van der Waals surface area contributed by atoms with Crippen LogP contribution in [0.15, 0.2) is 60.7 Å². The molecule has 134 valence electrons. The molecule has 4 heteroatoms. The van der Waals surface area contributed by atoms with Crippen molar-refractivity contribution < 1.29 is 4.43 Å². The Bertz CT molecular complexity index is 645. The molecule has 4 N–H and O–H groups in total. The van der Waals surface area contributed by atoms with E-state index in [-0.39, 0.29) is 17.1 Å². The van der Waals surface area contributed by atoms with Crippen LogP contribution >= 0.6 is 0 Å². The Labute approximate surface area is 152 Å². The molecule has 0 heterocycles. The van der Waals surface area contributed by atoms with Gasteiger partial charge in [0.1, 0.15) is 0 Å². The Hall–Kier alpha value is -1.46. The Balaban J connectivity index is 2.03. The molecule has 0 amide bonds. The maximum atomic E-state index is 6.89. The molecule has 2 unspecified atom stereocenters. The summed E-state index contributed by atoms with van der Waals surface area (Å²) in [4.78, 5) is 0. The summed E-state index contributed by atoms with van der Waals surface area (Å²) in [6.45, 7) is 7.57. The molecule has 25 heavy (non-hydrogen) atoms. The molecule has 1 saturated carbocycles. The van der Waals surface area contributed by atoms with Gasteiger partial charge >= 0.3 is 0 Å². The summed E-state index contributed by atoms with van der Waals surface area (Å²) in [5.41, 5.74) is 12.2. The summed E-state index contributed by atoms with van der Waals surface area (Å²) in [6, 6.07) is 21.6. The van der Waals surface area contributed by atoms with E-state index in [0.29, 0.717) is 12.5 Å². The molecule has 3 atom stereocenters. The predicted octanol–water partition coefficient (Wildman–Crippen LogP) is 2.24. The number of nitrogens with two attached hydrogens (primary N) is 2. The Kier molecular flexibility index (Phi) is 5.16. The van der Waals surface area contributed by atoms with Gasteiger partial charge < -0.3 is 15.9 Å². The molecule has 1 aliphatic carbocycles. The summed E-state index contributed by atoms with van der Waals surface area (Å²) < 4.78 is 6.89. The van der Waals surface area contributed by atoms with Crippen molar-refractivity contribution >= 4 is 18.7 Å². The lowest BCUT2D eigenvalue weighted by atomic mass is 9.76. The second kappa shape index (κ2) is 7.04. The van der Waals surface area contributed by atoms with Crippen molar-refractivity contribution in [3.05, 3.63) is 60.7 Å². The van der Waals surface area contributed by atoms with Gasteiger partial charge in [-0.25, -0.2) is 0 Å². The van der Waals surface area contributed by atoms with E-state index in [9.17, 15) is 0 Å². The molecule has 0 saturated heterocycles. The first kappa shape index (κ1) is 18.3. The lowest BCUT2D eigenvalue weighted by Crippen LogP contribution is -2.68. The minimum absolute atomic E-state index is 0.00562. The molecule has 3 nitrogen and oxygen atoms in total. The fourth-order valence-electron chi connectivity index (χ4n) is 3.99. The minimum Gasteiger partial charge on any atom is -0.407 e. The number of hydrogen-bond donors (Lipinski definition) is 2. The molecular formula is C21H30N2OSi. The van der Waals surface area contributed by atoms with Gasteiger partial charge in [-0.3, -0.25) is 0 Å². The van der Waals surface area contributed by atoms with Gasteiger partial charge in [0.05, 0.1) is 0 Å². The van der Waals surface area contributed by atoms with Crippen molar-refractivity contribution in [1.29, 1.82) is 0 Å². The molecule has 1 fully saturated rings. The van der Waals surface area contributed by atoms with Crippen molar-refractivity contribution in [3.63, 3.8) is 0 Å². The fraction of sp³-hybridized carbons (Fsp3) is 0.429. The monoisotopic (exact) mass is 354 g/mol. The van der Waals surface area contributed by atoms with Crippen molar-refractivity contribution in [2.75, 3.05) is 6.61 Å². The summed E-state index contributed by atoms with van der Waals surface area (Å²) in [5, 5.41) is 2.63. The summed E-state index contributed by atoms with van der Waals surface area (Å²) in [7, 11) is -2.44. The van der Waals surface area contributed by atoms with E-state index in [2.05, 4.69) is 81.4 Å². The number of benzene rings is 2. The topological polar surface area (TPSA) is 61.3 Å². The SMILES string of the molecule is CC(C)(C)[Si](OCC1C[C@H](N)C1N)(c1ccccc1)c1ccccc1. The van der Waals surface area contributed by atoms with Crippen LogP contribution in [0.5, 0.6) is 0 Å². The van der Waals surface area contributed by atoms with Crippen LogP contribution in [0, 0.1) is 5.92 Å². The van der Waals surface area contributed by atoms with Crippen LogP contribution in [-0.2, 0) is 4.43 Å². The van der Waals surface area contributed by atoms with Crippen molar-refractivity contribution in [2.45, 2.75) is 44.3 Å². The van der Waals surface area contributed by atoms with Crippen molar-refractivity contribution in [3.8, 4) is 0 Å². The van der Waals surface area contributed by atoms with Crippen LogP contribution in [0.2, 0.25) is 5.04 Å². The lowest BCUT2D eigenvalue weighted by molar-refractivity contribution is 0.124. The summed E-state index contributed by atoms with van der Waals surface area (Å²) in [5.74, 6) is 0.358. The fourth-order valence-corrected chi connectivity index (χ4v) is 8.61. The van der Waals surface area contributed by atoms with Gasteiger partial charge in [0.25, 0.3) is 8.32 Å². The largest absolute Gasteiger partial charge is 0.407 e. The zero-order chi connectivity index (χ0) is 18.1.